The van der Waals surface area contributed by atoms with Gasteiger partial charge < -0.3 is 14.6 Å². The Kier molecular flexibility index (Phi) is 5.84. The number of benzene rings is 2. The van der Waals surface area contributed by atoms with Crippen molar-refractivity contribution in [1.82, 2.24) is 9.88 Å². The number of phenolic OH excluding ortho intramolecular Hbond substituents is 1. The highest BCUT2D eigenvalue weighted by atomic mass is 16.5. The first-order valence-electron chi connectivity index (χ1n) is 11.2. The lowest BCUT2D eigenvalue weighted by atomic mass is 9.95. The smallest absolute Gasteiger partial charge is 0.231 e. The third kappa shape index (κ3) is 4.22. The molecule has 6 heteroatoms. The minimum absolute atomic E-state index is 0.141. The highest BCUT2D eigenvalue weighted by Gasteiger charge is 2.33. The number of methoxy groups -OCH3 is 1. The number of hydrogen-bond acceptors (Lipinski definition) is 6. The van der Waals surface area contributed by atoms with Gasteiger partial charge in [0.2, 0.25) is 5.78 Å². The van der Waals surface area contributed by atoms with E-state index in [9.17, 15) is 9.90 Å². The average Bonchev–Trinajstić information content (AvgIpc) is 3.17. The number of fused-ring (bicyclic) bond motifs is 1. The van der Waals surface area contributed by atoms with Crippen LogP contribution in [0.25, 0.3) is 6.08 Å². The molecule has 2 aliphatic heterocycles. The molecule has 0 radical (unpaired) electrons. The number of piperidine rings is 1. The molecule has 33 heavy (non-hydrogen) atoms. The number of aromatic nitrogens is 1. The number of ketones is 1. The molecule has 2 aliphatic rings. The first-order chi connectivity index (χ1) is 16.1. The fraction of sp³-hybridized carbons (Fsp3) is 0.259. The lowest BCUT2D eigenvalue weighted by molar-refractivity contribution is 0.101. The lowest BCUT2D eigenvalue weighted by Gasteiger charge is -2.36. The molecule has 1 N–H and O–H groups in total. The van der Waals surface area contributed by atoms with Gasteiger partial charge in [-0.1, -0.05) is 24.6 Å². The molecule has 0 aliphatic carbocycles. The molecule has 1 aromatic heterocycles. The van der Waals surface area contributed by atoms with Gasteiger partial charge in [-0.25, -0.2) is 0 Å². The Morgan fingerprint density at radius 2 is 2.03 bits per heavy atom. The number of hydrogen-bond donors (Lipinski definition) is 1. The van der Waals surface area contributed by atoms with Crippen molar-refractivity contribution in [1.29, 1.82) is 0 Å². The number of likely N-dealkylation sites (tertiary alicyclic amines) is 1. The van der Waals surface area contributed by atoms with Gasteiger partial charge in [-0.2, -0.15) is 0 Å². The molecule has 5 rings (SSSR count). The minimum Gasteiger partial charge on any atom is -0.507 e. The predicted octanol–water partition coefficient (Wildman–Crippen LogP) is 5.14. The van der Waals surface area contributed by atoms with Crippen molar-refractivity contribution >= 4 is 11.9 Å². The molecular weight excluding hydrogens is 416 g/mol. The van der Waals surface area contributed by atoms with Gasteiger partial charge >= 0.3 is 0 Å². The number of allylic oxidation sites excluding steroid dienone is 1. The monoisotopic (exact) mass is 442 g/mol. The van der Waals surface area contributed by atoms with E-state index in [1.165, 1.54) is 5.56 Å². The molecule has 0 unspecified atom stereocenters. The number of nitrogens with zero attached hydrogens (tertiary/aromatic N) is 2. The van der Waals surface area contributed by atoms with Crippen molar-refractivity contribution in [2.45, 2.75) is 31.8 Å². The van der Waals surface area contributed by atoms with Crippen molar-refractivity contribution < 1.29 is 19.4 Å². The Balaban J connectivity index is 1.44. The van der Waals surface area contributed by atoms with Crippen molar-refractivity contribution in [3.05, 3.63) is 88.9 Å². The largest absolute Gasteiger partial charge is 0.507 e. The summed E-state index contributed by atoms with van der Waals surface area (Å²) in [6.07, 6.45) is 8.69. The molecule has 168 valence electrons. The van der Waals surface area contributed by atoms with Crippen LogP contribution in [0, 0.1) is 0 Å². The summed E-state index contributed by atoms with van der Waals surface area (Å²) in [4.78, 5) is 19.7. The number of carbonyl (C=O) groups is 1. The predicted molar refractivity (Wildman–Crippen MR) is 125 cm³/mol. The molecule has 1 fully saturated rings. The number of carbonyl (C=O) groups excluding carboxylic acids is 1. The second kappa shape index (κ2) is 9.08. The molecule has 1 saturated heterocycles. The van der Waals surface area contributed by atoms with E-state index >= 15 is 0 Å². The van der Waals surface area contributed by atoms with Crippen molar-refractivity contribution in [3.63, 3.8) is 0 Å². The molecular formula is C27H26N2O4. The SMILES string of the molecule is COc1ccc(/C=C2\Oc3c(ccc(O)c3CN3CCCC[C@@H]3c3cccnc3)C2=O)cc1. The zero-order chi connectivity index (χ0) is 22.8. The van der Waals surface area contributed by atoms with Crippen LogP contribution in [0.15, 0.2) is 66.7 Å². The van der Waals surface area contributed by atoms with Crippen molar-refractivity contribution in [2.24, 2.45) is 0 Å². The van der Waals surface area contributed by atoms with Gasteiger partial charge in [-0.15, -0.1) is 0 Å². The average molecular weight is 443 g/mol. The quantitative estimate of drug-likeness (QED) is 0.552. The fourth-order valence-corrected chi connectivity index (χ4v) is 4.64. The van der Waals surface area contributed by atoms with Gasteiger partial charge in [0.25, 0.3) is 0 Å². The number of ether oxygens (including phenoxy) is 2. The first-order valence-corrected chi connectivity index (χ1v) is 11.2. The van der Waals surface area contributed by atoms with E-state index in [0.717, 1.165) is 37.1 Å². The zero-order valence-electron chi connectivity index (χ0n) is 18.5. The van der Waals surface area contributed by atoms with E-state index in [0.29, 0.717) is 23.4 Å². The lowest BCUT2D eigenvalue weighted by Crippen LogP contribution is -2.33. The number of Topliss-reactive ketones (excluding diaryl/α,β-unsaturated/α-hetero) is 1. The Morgan fingerprint density at radius 1 is 1.18 bits per heavy atom. The Morgan fingerprint density at radius 3 is 2.79 bits per heavy atom. The van der Waals surface area contributed by atoms with Crippen LogP contribution in [-0.2, 0) is 6.54 Å². The maximum atomic E-state index is 13.0. The van der Waals surface area contributed by atoms with Crippen LogP contribution in [0.1, 0.15) is 52.4 Å². The molecule has 3 heterocycles. The molecule has 2 aromatic carbocycles. The molecule has 0 amide bonds. The zero-order valence-corrected chi connectivity index (χ0v) is 18.5. The Hall–Kier alpha value is -3.64. The third-order valence-electron chi connectivity index (χ3n) is 6.37. The van der Waals surface area contributed by atoms with E-state index in [2.05, 4.69) is 16.0 Å². The summed E-state index contributed by atoms with van der Waals surface area (Å²) in [6, 6.07) is 14.9. The third-order valence-corrected chi connectivity index (χ3v) is 6.37. The van der Waals surface area contributed by atoms with Crippen LogP contribution in [0.5, 0.6) is 17.2 Å². The van der Waals surface area contributed by atoms with Gasteiger partial charge in [0.1, 0.15) is 17.2 Å². The number of pyridine rings is 1. The second-order valence-electron chi connectivity index (χ2n) is 8.42. The topological polar surface area (TPSA) is 71.9 Å². The van der Waals surface area contributed by atoms with Crippen molar-refractivity contribution in [2.75, 3.05) is 13.7 Å². The molecule has 0 spiro atoms. The molecule has 3 aromatic rings. The summed E-state index contributed by atoms with van der Waals surface area (Å²) in [5, 5.41) is 10.7. The van der Waals surface area contributed by atoms with E-state index in [1.807, 2.05) is 36.5 Å². The van der Waals surface area contributed by atoms with Crippen LogP contribution < -0.4 is 9.47 Å². The molecule has 6 nitrogen and oxygen atoms in total. The van der Waals surface area contributed by atoms with Crippen LogP contribution in [-0.4, -0.2) is 34.4 Å². The van der Waals surface area contributed by atoms with E-state index < -0.39 is 0 Å². The van der Waals surface area contributed by atoms with Crippen LogP contribution in [0.4, 0.5) is 0 Å². The number of aromatic hydroxyl groups is 1. The van der Waals surface area contributed by atoms with E-state index in [-0.39, 0.29) is 23.3 Å². The summed E-state index contributed by atoms with van der Waals surface area (Å²) in [5.41, 5.74) is 3.14. The molecule has 0 saturated carbocycles. The van der Waals surface area contributed by atoms with E-state index in [1.54, 1.807) is 31.5 Å². The van der Waals surface area contributed by atoms with Crippen molar-refractivity contribution in [3.8, 4) is 17.2 Å². The minimum atomic E-state index is -0.176. The first kappa shape index (κ1) is 21.2. The van der Waals surface area contributed by atoms with Crippen LogP contribution in [0.2, 0.25) is 0 Å². The Bertz CT molecular complexity index is 1190. The van der Waals surface area contributed by atoms with Gasteiger partial charge in [0, 0.05) is 25.0 Å². The summed E-state index contributed by atoms with van der Waals surface area (Å²) in [7, 11) is 1.61. The van der Waals surface area contributed by atoms with E-state index in [4.69, 9.17) is 9.47 Å². The summed E-state index contributed by atoms with van der Waals surface area (Å²) in [6.45, 7) is 1.41. The standard InChI is InChI=1S/C27H26N2O4/c1-32-20-9-7-18(8-10-20)15-25-26(31)21-11-12-24(30)22(27(21)33-25)17-29-14-3-2-6-23(29)19-5-4-13-28-16-19/h4-5,7-13,15-16,23,30H,2-3,6,14,17H2,1H3/b25-15-/t23-/m1/s1. The summed E-state index contributed by atoms with van der Waals surface area (Å²) in [5.74, 6) is 1.42. The molecule has 0 bridgehead atoms. The number of phenols is 1. The van der Waals surface area contributed by atoms with Gasteiger partial charge in [-0.05, 0) is 66.9 Å². The van der Waals surface area contributed by atoms with Gasteiger partial charge in [0.05, 0.1) is 18.2 Å². The maximum absolute atomic E-state index is 13.0. The second-order valence-corrected chi connectivity index (χ2v) is 8.42. The van der Waals surface area contributed by atoms with Crippen LogP contribution >= 0.6 is 0 Å². The normalized spacial score (nSPS) is 19.4. The maximum Gasteiger partial charge on any atom is 0.231 e. The highest BCUT2D eigenvalue weighted by Crippen LogP contribution is 2.42. The summed E-state index contributed by atoms with van der Waals surface area (Å²) >= 11 is 0. The Labute approximate surface area is 193 Å². The number of rotatable bonds is 5. The van der Waals surface area contributed by atoms with Crippen LogP contribution in [0.3, 0.4) is 0 Å². The van der Waals surface area contributed by atoms with Gasteiger partial charge in [0.15, 0.2) is 5.76 Å². The summed E-state index contributed by atoms with van der Waals surface area (Å²) < 4.78 is 11.3. The molecule has 1 atom stereocenters. The fourth-order valence-electron chi connectivity index (χ4n) is 4.64. The van der Waals surface area contributed by atoms with Gasteiger partial charge in [-0.3, -0.25) is 14.7 Å². The highest BCUT2D eigenvalue weighted by molar-refractivity contribution is 6.15.